The maximum atomic E-state index is 11.9. The topological polar surface area (TPSA) is 32.3 Å². The molecule has 0 radical (unpaired) electrons. The molecule has 1 aromatic carbocycles. The second-order valence-corrected chi connectivity index (χ2v) is 5.51. The number of rotatable bonds is 5. The molecule has 7 heteroatoms. The molecule has 0 aliphatic rings. The molecule has 0 fully saturated rings. The molecule has 0 spiro atoms. The van der Waals surface area contributed by atoms with Crippen molar-refractivity contribution < 1.29 is 18.3 Å². The van der Waals surface area contributed by atoms with Crippen molar-refractivity contribution in [3.8, 4) is 5.75 Å². The Bertz CT molecular complexity index is 387. The zero-order chi connectivity index (χ0) is 13.8. The van der Waals surface area contributed by atoms with E-state index in [1.165, 1.54) is 0 Å². The molecule has 1 aromatic rings. The van der Waals surface area contributed by atoms with Gasteiger partial charge >= 0.3 is 6.18 Å². The molecule has 2 nitrogen and oxygen atoms in total. The summed E-state index contributed by atoms with van der Waals surface area (Å²) in [7, 11) is 0. The number of alkyl halides is 3. The molecule has 0 heterocycles. The van der Waals surface area contributed by atoms with Crippen molar-refractivity contribution in [3.05, 3.63) is 26.6 Å². The van der Waals surface area contributed by atoms with Crippen LogP contribution in [0.4, 0.5) is 13.2 Å². The fourth-order valence-corrected chi connectivity index (χ4v) is 2.65. The van der Waals surface area contributed by atoms with Gasteiger partial charge < -0.3 is 10.4 Å². The summed E-state index contributed by atoms with van der Waals surface area (Å²) in [4.78, 5) is 0. The van der Waals surface area contributed by atoms with Crippen LogP contribution in [0.2, 0.25) is 0 Å². The van der Waals surface area contributed by atoms with Gasteiger partial charge in [-0.2, -0.15) is 13.2 Å². The Hall–Kier alpha value is -0.270. The third-order valence-electron chi connectivity index (χ3n) is 2.22. The summed E-state index contributed by atoms with van der Waals surface area (Å²) in [6.45, 7) is 0.755. The highest BCUT2D eigenvalue weighted by atomic mass is 79.9. The Morgan fingerprint density at radius 2 is 1.72 bits per heavy atom. The normalized spacial score (nSPS) is 11.8. The van der Waals surface area contributed by atoms with Gasteiger partial charge in [-0.1, -0.05) is 0 Å². The first-order chi connectivity index (χ1) is 8.29. The SMILES string of the molecule is Oc1c(Br)cc(CNCCCC(F)(F)F)cc1Br. The number of hydrogen-bond donors (Lipinski definition) is 2. The molecule has 0 bridgehead atoms. The molecule has 0 aromatic heterocycles. The summed E-state index contributed by atoms with van der Waals surface area (Å²) in [6.07, 6.45) is -4.81. The largest absolute Gasteiger partial charge is 0.506 e. The summed E-state index contributed by atoms with van der Waals surface area (Å²) < 4.78 is 36.8. The highest BCUT2D eigenvalue weighted by molar-refractivity contribution is 9.11. The lowest BCUT2D eigenvalue weighted by Crippen LogP contribution is -2.17. The van der Waals surface area contributed by atoms with Gasteiger partial charge in [-0.15, -0.1) is 0 Å². The van der Waals surface area contributed by atoms with E-state index >= 15 is 0 Å². The maximum absolute atomic E-state index is 11.9. The van der Waals surface area contributed by atoms with E-state index in [1.807, 2.05) is 0 Å². The Morgan fingerprint density at radius 3 is 2.22 bits per heavy atom. The van der Waals surface area contributed by atoms with Crippen LogP contribution < -0.4 is 5.32 Å². The van der Waals surface area contributed by atoms with Crippen molar-refractivity contribution in [1.82, 2.24) is 5.32 Å². The lowest BCUT2D eigenvalue weighted by Gasteiger charge is -2.09. The third-order valence-corrected chi connectivity index (χ3v) is 3.43. The minimum absolute atomic E-state index is 0.0594. The molecule has 0 atom stereocenters. The van der Waals surface area contributed by atoms with Gasteiger partial charge in [0.1, 0.15) is 5.75 Å². The van der Waals surface area contributed by atoms with Crippen molar-refractivity contribution in [2.24, 2.45) is 0 Å². The van der Waals surface area contributed by atoms with E-state index in [1.54, 1.807) is 12.1 Å². The summed E-state index contributed by atoms with van der Waals surface area (Å²) >= 11 is 6.38. The van der Waals surface area contributed by atoms with Crippen LogP contribution in [0.25, 0.3) is 0 Å². The van der Waals surface area contributed by atoms with Crippen molar-refractivity contribution in [1.29, 1.82) is 0 Å². The van der Waals surface area contributed by atoms with Crippen molar-refractivity contribution in [3.63, 3.8) is 0 Å². The van der Waals surface area contributed by atoms with Crippen LogP contribution in [-0.4, -0.2) is 17.8 Å². The van der Waals surface area contributed by atoms with Crippen LogP contribution in [0.1, 0.15) is 18.4 Å². The van der Waals surface area contributed by atoms with Crippen LogP contribution in [0, 0.1) is 0 Å². The van der Waals surface area contributed by atoms with Crippen LogP contribution in [0.5, 0.6) is 5.75 Å². The van der Waals surface area contributed by atoms with Crippen molar-refractivity contribution in [2.75, 3.05) is 6.54 Å². The molecular weight excluding hydrogens is 379 g/mol. The summed E-state index contributed by atoms with van der Waals surface area (Å²) in [5.74, 6) is 0.107. The summed E-state index contributed by atoms with van der Waals surface area (Å²) in [5, 5.41) is 12.4. The first-order valence-electron chi connectivity index (χ1n) is 5.24. The highest BCUT2D eigenvalue weighted by Gasteiger charge is 2.25. The summed E-state index contributed by atoms with van der Waals surface area (Å²) in [5.41, 5.74) is 0.874. The Kier molecular flexibility index (Phi) is 5.94. The Morgan fingerprint density at radius 1 is 1.17 bits per heavy atom. The number of halogens is 5. The molecule has 0 unspecified atom stereocenters. The molecule has 2 N–H and O–H groups in total. The van der Waals surface area contributed by atoms with Crippen molar-refractivity contribution >= 4 is 31.9 Å². The van der Waals surface area contributed by atoms with Gasteiger partial charge in [0.2, 0.25) is 0 Å². The molecule has 0 saturated heterocycles. The predicted molar refractivity (Wildman–Crippen MR) is 70.5 cm³/mol. The maximum Gasteiger partial charge on any atom is 0.389 e. The van der Waals surface area contributed by atoms with Crippen LogP contribution >= 0.6 is 31.9 Å². The van der Waals surface area contributed by atoms with Gasteiger partial charge in [0.15, 0.2) is 0 Å². The lowest BCUT2D eigenvalue weighted by molar-refractivity contribution is -0.135. The number of nitrogens with one attached hydrogen (secondary N) is 1. The van der Waals surface area contributed by atoms with E-state index < -0.39 is 12.6 Å². The Balaban J connectivity index is 2.36. The van der Waals surface area contributed by atoms with E-state index in [2.05, 4.69) is 37.2 Å². The molecule has 18 heavy (non-hydrogen) atoms. The number of benzene rings is 1. The number of aromatic hydroxyl groups is 1. The number of phenols is 1. The van der Waals surface area contributed by atoms with E-state index in [0.29, 0.717) is 22.0 Å². The minimum atomic E-state index is -4.09. The second kappa shape index (κ2) is 6.77. The monoisotopic (exact) mass is 389 g/mol. The summed E-state index contributed by atoms with van der Waals surface area (Å²) in [6, 6.07) is 3.44. The number of phenolic OH excluding ortho intramolecular Hbond substituents is 1. The van der Waals surface area contributed by atoms with Crippen LogP contribution in [0.3, 0.4) is 0 Å². The van der Waals surface area contributed by atoms with Gasteiger partial charge in [0.25, 0.3) is 0 Å². The standard InChI is InChI=1S/C11H12Br2F3NO/c12-8-4-7(5-9(13)10(8)18)6-17-3-1-2-11(14,15)16/h4-5,17-18H,1-3,6H2. The molecular formula is C11H12Br2F3NO. The first kappa shape index (κ1) is 15.8. The molecule has 0 amide bonds. The first-order valence-corrected chi connectivity index (χ1v) is 6.82. The molecule has 0 aliphatic carbocycles. The number of hydrogen-bond acceptors (Lipinski definition) is 2. The average molecular weight is 391 g/mol. The van der Waals surface area contributed by atoms with Gasteiger partial charge in [0, 0.05) is 13.0 Å². The smallest absolute Gasteiger partial charge is 0.389 e. The Labute approximate surface area is 120 Å². The van der Waals surface area contributed by atoms with Gasteiger partial charge in [0.05, 0.1) is 8.95 Å². The lowest BCUT2D eigenvalue weighted by atomic mass is 10.2. The van der Waals surface area contributed by atoms with Gasteiger partial charge in [-0.25, -0.2) is 0 Å². The van der Waals surface area contributed by atoms with Crippen LogP contribution in [-0.2, 0) is 6.54 Å². The van der Waals surface area contributed by atoms with Crippen LogP contribution in [0.15, 0.2) is 21.1 Å². The van der Waals surface area contributed by atoms with Gasteiger partial charge in [-0.05, 0) is 62.5 Å². The minimum Gasteiger partial charge on any atom is -0.506 e. The van der Waals surface area contributed by atoms with E-state index in [-0.39, 0.29) is 12.2 Å². The van der Waals surface area contributed by atoms with E-state index in [4.69, 9.17) is 0 Å². The van der Waals surface area contributed by atoms with E-state index in [0.717, 1.165) is 5.56 Å². The van der Waals surface area contributed by atoms with Gasteiger partial charge in [-0.3, -0.25) is 0 Å². The van der Waals surface area contributed by atoms with E-state index in [9.17, 15) is 18.3 Å². The fraction of sp³-hybridized carbons (Fsp3) is 0.455. The fourth-order valence-electron chi connectivity index (χ4n) is 1.37. The third kappa shape index (κ3) is 5.58. The molecule has 1 rings (SSSR count). The quantitative estimate of drug-likeness (QED) is 0.732. The molecule has 0 aliphatic heterocycles. The molecule has 0 saturated carbocycles. The average Bonchev–Trinajstić information content (AvgIpc) is 2.23. The zero-order valence-electron chi connectivity index (χ0n) is 9.32. The zero-order valence-corrected chi connectivity index (χ0v) is 12.5. The highest BCUT2D eigenvalue weighted by Crippen LogP contribution is 2.33. The van der Waals surface area contributed by atoms with Crippen molar-refractivity contribution in [2.45, 2.75) is 25.6 Å². The molecule has 102 valence electrons. The predicted octanol–water partition coefficient (Wildman–Crippen LogP) is 4.35. The second-order valence-electron chi connectivity index (χ2n) is 3.80.